The van der Waals surface area contributed by atoms with Gasteiger partial charge in [0.05, 0.1) is 5.02 Å². The lowest BCUT2D eigenvalue weighted by atomic mass is 10.1. The van der Waals surface area contributed by atoms with Crippen LogP contribution in [-0.2, 0) is 11.2 Å². The quantitative estimate of drug-likeness (QED) is 0.833. The number of hydrogen-bond donors (Lipinski definition) is 1. The number of nitrogen functional groups attached to an aromatic ring is 1. The van der Waals surface area contributed by atoms with E-state index in [9.17, 15) is 4.79 Å². The molecule has 3 nitrogen and oxygen atoms in total. The topological polar surface area (TPSA) is 56.0 Å². The highest BCUT2D eigenvalue weighted by Crippen LogP contribution is 2.16. The number of ketones is 1. The summed E-state index contributed by atoms with van der Waals surface area (Å²) in [7, 11) is 0. The van der Waals surface area contributed by atoms with Gasteiger partial charge in [-0.05, 0) is 18.1 Å². The lowest BCUT2D eigenvalue weighted by Crippen LogP contribution is -2.02. The predicted octanol–water partition coefficient (Wildman–Crippen LogP) is 2.23. The van der Waals surface area contributed by atoms with Gasteiger partial charge in [-0.3, -0.25) is 4.79 Å². The average molecular weight is 213 g/mol. The van der Waals surface area contributed by atoms with E-state index in [1.165, 1.54) is 6.20 Å². The SMILES string of the molecule is CCC(=O)CCc1cc(Cl)cnc1N. The number of hydrogen-bond acceptors (Lipinski definition) is 3. The van der Waals surface area contributed by atoms with E-state index in [1.807, 2.05) is 6.92 Å². The van der Waals surface area contributed by atoms with Crippen molar-refractivity contribution in [3.05, 3.63) is 22.8 Å². The summed E-state index contributed by atoms with van der Waals surface area (Å²) in [5.74, 6) is 0.683. The maximum absolute atomic E-state index is 11.1. The van der Waals surface area contributed by atoms with E-state index in [0.29, 0.717) is 30.1 Å². The molecule has 0 spiro atoms. The first kappa shape index (κ1) is 11.0. The Morgan fingerprint density at radius 1 is 1.64 bits per heavy atom. The molecule has 14 heavy (non-hydrogen) atoms. The molecule has 0 saturated heterocycles. The second kappa shape index (κ2) is 4.96. The minimum absolute atomic E-state index is 0.226. The summed E-state index contributed by atoms with van der Waals surface area (Å²) >= 11 is 5.76. The molecule has 1 aromatic rings. The molecule has 0 unspecified atom stereocenters. The molecule has 0 radical (unpaired) electrons. The van der Waals surface area contributed by atoms with Crippen LogP contribution >= 0.6 is 11.6 Å². The smallest absolute Gasteiger partial charge is 0.132 e. The number of pyridine rings is 1. The molecule has 0 aliphatic heterocycles. The molecule has 1 heterocycles. The molecular formula is C10H13ClN2O. The largest absolute Gasteiger partial charge is 0.383 e. The minimum atomic E-state index is 0.226. The molecule has 0 fully saturated rings. The maximum atomic E-state index is 11.1. The van der Waals surface area contributed by atoms with Crippen LogP contribution in [0.15, 0.2) is 12.3 Å². The first-order chi connectivity index (χ1) is 6.63. The summed E-state index contributed by atoms with van der Waals surface area (Å²) in [6.07, 6.45) is 3.19. The van der Waals surface area contributed by atoms with Gasteiger partial charge >= 0.3 is 0 Å². The molecule has 0 aliphatic carbocycles. The van der Waals surface area contributed by atoms with E-state index in [-0.39, 0.29) is 5.78 Å². The number of aryl methyl sites for hydroxylation is 1. The van der Waals surface area contributed by atoms with Crippen LogP contribution in [0.3, 0.4) is 0 Å². The number of Topliss-reactive ketones (excluding diaryl/α,β-unsaturated/α-hetero) is 1. The Kier molecular flexibility index (Phi) is 3.89. The van der Waals surface area contributed by atoms with E-state index < -0.39 is 0 Å². The Labute approximate surface area is 88.3 Å². The van der Waals surface area contributed by atoms with Crippen molar-refractivity contribution in [3.63, 3.8) is 0 Å². The molecule has 0 amide bonds. The molecule has 2 N–H and O–H groups in total. The molecule has 4 heteroatoms. The van der Waals surface area contributed by atoms with Crippen molar-refractivity contribution in [1.82, 2.24) is 4.98 Å². The molecule has 0 bridgehead atoms. The van der Waals surface area contributed by atoms with E-state index >= 15 is 0 Å². The van der Waals surface area contributed by atoms with Crippen molar-refractivity contribution in [1.29, 1.82) is 0 Å². The van der Waals surface area contributed by atoms with Crippen LogP contribution in [0, 0.1) is 0 Å². The standard InChI is InChI=1S/C10H13ClN2O/c1-2-9(14)4-3-7-5-8(11)6-13-10(7)12/h5-6H,2-4H2,1H3,(H2,12,13). The second-order valence-electron chi connectivity index (χ2n) is 3.09. The molecular weight excluding hydrogens is 200 g/mol. The fraction of sp³-hybridized carbons (Fsp3) is 0.400. The van der Waals surface area contributed by atoms with Crippen molar-refractivity contribution in [2.24, 2.45) is 0 Å². The number of aromatic nitrogens is 1. The van der Waals surface area contributed by atoms with Crippen molar-refractivity contribution in [2.45, 2.75) is 26.2 Å². The highest BCUT2D eigenvalue weighted by molar-refractivity contribution is 6.30. The Bertz CT molecular complexity index is 339. The average Bonchev–Trinajstić information content (AvgIpc) is 2.19. The molecule has 0 aliphatic rings. The van der Waals surface area contributed by atoms with Gasteiger partial charge in [-0.15, -0.1) is 0 Å². The molecule has 0 aromatic carbocycles. The van der Waals surface area contributed by atoms with Crippen LogP contribution in [-0.4, -0.2) is 10.8 Å². The van der Waals surface area contributed by atoms with Crippen molar-refractivity contribution in [3.8, 4) is 0 Å². The van der Waals surface area contributed by atoms with Gasteiger partial charge in [0.2, 0.25) is 0 Å². The zero-order valence-corrected chi connectivity index (χ0v) is 8.84. The second-order valence-corrected chi connectivity index (χ2v) is 3.53. The van der Waals surface area contributed by atoms with Crippen molar-refractivity contribution < 1.29 is 4.79 Å². The van der Waals surface area contributed by atoms with Gasteiger partial charge in [0.1, 0.15) is 11.6 Å². The molecule has 1 rings (SSSR count). The fourth-order valence-corrected chi connectivity index (χ4v) is 1.32. The van der Waals surface area contributed by atoms with Crippen LogP contribution in [0.5, 0.6) is 0 Å². The summed E-state index contributed by atoms with van der Waals surface area (Å²) in [6.45, 7) is 1.85. The maximum Gasteiger partial charge on any atom is 0.132 e. The summed E-state index contributed by atoms with van der Waals surface area (Å²) in [6, 6.07) is 1.76. The van der Waals surface area contributed by atoms with Crippen LogP contribution < -0.4 is 5.73 Å². The number of carbonyl (C=O) groups excluding carboxylic acids is 1. The first-order valence-electron chi connectivity index (χ1n) is 4.55. The predicted molar refractivity (Wildman–Crippen MR) is 57.3 cm³/mol. The third-order valence-corrected chi connectivity index (χ3v) is 2.24. The zero-order chi connectivity index (χ0) is 10.6. The van der Waals surface area contributed by atoms with E-state index in [1.54, 1.807) is 6.07 Å². The van der Waals surface area contributed by atoms with Gasteiger partial charge in [0.15, 0.2) is 0 Å². The Balaban J connectivity index is 2.66. The number of rotatable bonds is 4. The number of halogens is 1. The Morgan fingerprint density at radius 3 is 3.00 bits per heavy atom. The number of nitrogens with zero attached hydrogens (tertiary/aromatic N) is 1. The highest BCUT2D eigenvalue weighted by atomic mass is 35.5. The number of carbonyl (C=O) groups is 1. The van der Waals surface area contributed by atoms with Crippen molar-refractivity contribution in [2.75, 3.05) is 5.73 Å². The molecule has 1 aromatic heterocycles. The number of anilines is 1. The van der Waals surface area contributed by atoms with E-state index in [0.717, 1.165) is 5.56 Å². The van der Waals surface area contributed by atoms with Gasteiger partial charge in [-0.1, -0.05) is 18.5 Å². The third-order valence-electron chi connectivity index (χ3n) is 2.04. The fourth-order valence-electron chi connectivity index (χ4n) is 1.14. The molecule has 0 saturated carbocycles. The normalized spacial score (nSPS) is 10.1. The highest BCUT2D eigenvalue weighted by Gasteiger charge is 2.04. The van der Waals surface area contributed by atoms with E-state index in [2.05, 4.69) is 4.98 Å². The van der Waals surface area contributed by atoms with Crippen LogP contribution in [0.25, 0.3) is 0 Å². The van der Waals surface area contributed by atoms with Gasteiger partial charge < -0.3 is 5.73 Å². The molecule has 0 atom stereocenters. The summed E-state index contributed by atoms with van der Waals surface area (Å²) < 4.78 is 0. The van der Waals surface area contributed by atoms with Crippen molar-refractivity contribution >= 4 is 23.2 Å². The summed E-state index contributed by atoms with van der Waals surface area (Å²) in [5, 5.41) is 0.554. The first-order valence-corrected chi connectivity index (χ1v) is 4.93. The van der Waals surface area contributed by atoms with Gasteiger partial charge in [0, 0.05) is 19.0 Å². The monoisotopic (exact) mass is 212 g/mol. The van der Waals surface area contributed by atoms with Gasteiger partial charge in [-0.2, -0.15) is 0 Å². The number of nitrogens with two attached hydrogens (primary N) is 1. The van der Waals surface area contributed by atoms with Crippen LogP contribution in [0.4, 0.5) is 5.82 Å². The minimum Gasteiger partial charge on any atom is -0.383 e. The Hall–Kier alpha value is -1.09. The lowest BCUT2D eigenvalue weighted by molar-refractivity contribution is -0.118. The van der Waals surface area contributed by atoms with Crippen LogP contribution in [0.2, 0.25) is 5.02 Å². The molecule has 76 valence electrons. The van der Waals surface area contributed by atoms with E-state index in [4.69, 9.17) is 17.3 Å². The third kappa shape index (κ3) is 3.00. The zero-order valence-electron chi connectivity index (χ0n) is 8.09. The van der Waals surface area contributed by atoms with Crippen LogP contribution in [0.1, 0.15) is 25.3 Å². The lowest BCUT2D eigenvalue weighted by Gasteiger charge is -2.03. The Morgan fingerprint density at radius 2 is 2.36 bits per heavy atom. The van der Waals surface area contributed by atoms with Gasteiger partial charge in [0.25, 0.3) is 0 Å². The summed E-state index contributed by atoms with van der Waals surface area (Å²) in [5.41, 5.74) is 6.48. The summed E-state index contributed by atoms with van der Waals surface area (Å²) in [4.78, 5) is 15.0. The van der Waals surface area contributed by atoms with Gasteiger partial charge in [-0.25, -0.2) is 4.98 Å².